The molecule has 2 rings (SSSR count). The molecule has 2 aromatic rings. The highest BCUT2D eigenvalue weighted by atomic mass is 35.5. The van der Waals surface area contributed by atoms with Crippen LogP contribution in [0, 0.1) is 6.92 Å². The Balaban J connectivity index is 2.50. The lowest BCUT2D eigenvalue weighted by atomic mass is 10.2. The van der Waals surface area contributed by atoms with Crippen LogP contribution in [0.25, 0.3) is 0 Å². The molecule has 0 aliphatic rings. The molecule has 5 nitrogen and oxygen atoms in total. The molecule has 0 saturated carbocycles. The zero-order valence-electron chi connectivity index (χ0n) is 9.94. The maximum absolute atomic E-state index is 12.3. The zero-order valence-corrected chi connectivity index (χ0v) is 10.7. The fraction of sp³-hybridized carbons (Fsp3) is 0.364. The Morgan fingerprint density at radius 1 is 1.53 bits per heavy atom. The van der Waals surface area contributed by atoms with Crippen LogP contribution in [0.3, 0.4) is 0 Å². The smallest absolute Gasteiger partial charge is 0.230 e. The molecule has 0 aliphatic carbocycles. The van der Waals surface area contributed by atoms with Crippen molar-refractivity contribution in [2.75, 3.05) is 0 Å². The number of ketones is 1. The molecule has 0 unspecified atom stereocenters. The predicted molar refractivity (Wildman–Crippen MR) is 64.3 cm³/mol. The maximum Gasteiger partial charge on any atom is 0.230 e. The van der Waals surface area contributed by atoms with E-state index >= 15 is 0 Å². The molecule has 0 aromatic carbocycles. The van der Waals surface area contributed by atoms with E-state index in [0.29, 0.717) is 23.0 Å². The largest absolute Gasteiger partial charge is 0.285 e. The molecular formula is C11H13ClN4O. The number of aryl methyl sites for hydroxylation is 3. The molecule has 0 radical (unpaired) electrons. The van der Waals surface area contributed by atoms with Crippen LogP contribution in [0.15, 0.2) is 12.3 Å². The van der Waals surface area contributed by atoms with Gasteiger partial charge in [-0.2, -0.15) is 10.2 Å². The van der Waals surface area contributed by atoms with Crippen LogP contribution in [-0.2, 0) is 13.6 Å². The Labute approximate surface area is 104 Å². The summed E-state index contributed by atoms with van der Waals surface area (Å²) < 4.78 is 3.15. The van der Waals surface area contributed by atoms with Gasteiger partial charge in [0.1, 0.15) is 11.4 Å². The van der Waals surface area contributed by atoms with Crippen molar-refractivity contribution in [2.24, 2.45) is 7.05 Å². The van der Waals surface area contributed by atoms with Gasteiger partial charge in [0.15, 0.2) is 0 Å². The van der Waals surface area contributed by atoms with E-state index in [2.05, 4.69) is 10.2 Å². The Kier molecular flexibility index (Phi) is 3.02. The maximum atomic E-state index is 12.3. The number of nitrogens with zero attached hydrogens (tertiary/aromatic N) is 4. The second-order valence-corrected chi connectivity index (χ2v) is 4.19. The number of carbonyl (C=O) groups is 1. The van der Waals surface area contributed by atoms with Crippen molar-refractivity contribution in [2.45, 2.75) is 20.4 Å². The van der Waals surface area contributed by atoms with Crippen LogP contribution >= 0.6 is 11.6 Å². The molecule has 0 spiro atoms. The molecule has 2 aromatic heterocycles. The fourth-order valence-electron chi connectivity index (χ4n) is 1.77. The summed E-state index contributed by atoms with van der Waals surface area (Å²) in [4.78, 5) is 12.3. The van der Waals surface area contributed by atoms with Crippen molar-refractivity contribution < 1.29 is 4.79 Å². The molecule has 90 valence electrons. The number of hydrogen-bond acceptors (Lipinski definition) is 3. The summed E-state index contributed by atoms with van der Waals surface area (Å²) in [6, 6.07) is 1.74. The van der Waals surface area contributed by atoms with Crippen LogP contribution in [0.2, 0.25) is 5.02 Å². The Morgan fingerprint density at radius 3 is 2.76 bits per heavy atom. The molecule has 0 bridgehead atoms. The Hall–Kier alpha value is -1.62. The van der Waals surface area contributed by atoms with E-state index in [9.17, 15) is 4.79 Å². The second kappa shape index (κ2) is 4.33. The van der Waals surface area contributed by atoms with Crippen molar-refractivity contribution >= 4 is 17.4 Å². The highest BCUT2D eigenvalue weighted by molar-refractivity contribution is 6.34. The van der Waals surface area contributed by atoms with Gasteiger partial charge >= 0.3 is 0 Å². The summed E-state index contributed by atoms with van der Waals surface area (Å²) in [5.74, 6) is -0.155. The van der Waals surface area contributed by atoms with Gasteiger partial charge in [0.2, 0.25) is 5.78 Å². The summed E-state index contributed by atoms with van der Waals surface area (Å²) in [5.41, 5.74) is 1.73. The van der Waals surface area contributed by atoms with Crippen molar-refractivity contribution in [3.8, 4) is 0 Å². The topological polar surface area (TPSA) is 52.7 Å². The first-order valence-electron chi connectivity index (χ1n) is 5.31. The van der Waals surface area contributed by atoms with E-state index in [1.54, 1.807) is 22.5 Å². The number of aromatic nitrogens is 4. The Morgan fingerprint density at radius 2 is 2.24 bits per heavy atom. The quantitative estimate of drug-likeness (QED) is 0.783. The molecule has 0 amide bonds. The van der Waals surface area contributed by atoms with Gasteiger partial charge < -0.3 is 0 Å². The Bertz CT molecular complexity index is 570. The second-order valence-electron chi connectivity index (χ2n) is 3.78. The molecule has 6 heteroatoms. The monoisotopic (exact) mass is 252 g/mol. The van der Waals surface area contributed by atoms with E-state index in [-0.39, 0.29) is 5.78 Å². The molecule has 0 atom stereocenters. The first kappa shape index (κ1) is 11.9. The lowest BCUT2D eigenvalue weighted by molar-refractivity contribution is 0.102. The molecule has 0 aliphatic heterocycles. The van der Waals surface area contributed by atoms with Gasteiger partial charge in [0.05, 0.1) is 16.9 Å². The molecule has 2 heterocycles. The number of carbonyl (C=O) groups excluding carboxylic acids is 1. The van der Waals surface area contributed by atoms with Crippen molar-refractivity contribution in [1.82, 2.24) is 19.6 Å². The third-order valence-electron chi connectivity index (χ3n) is 2.54. The summed E-state index contributed by atoms with van der Waals surface area (Å²) >= 11 is 5.99. The van der Waals surface area contributed by atoms with Crippen LogP contribution in [0.4, 0.5) is 0 Å². The van der Waals surface area contributed by atoms with Gasteiger partial charge in [-0.15, -0.1) is 0 Å². The first-order valence-corrected chi connectivity index (χ1v) is 5.69. The van der Waals surface area contributed by atoms with Crippen molar-refractivity contribution in [1.29, 1.82) is 0 Å². The van der Waals surface area contributed by atoms with Gasteiger partial charge in [-0.25, -0.2) is 0 Å². The molecule has 17 heavy (non-hydrogen) atoms. The fourth-order valence-corrected chi connectivity index (χ4v) is 2.00. The highest BCUT2D eigenvalue weighted by Gasteiger charge is 2.21. The van der Waals surface area contributed by atoms with Crippen molar-refractivity contribution in [3.05, 3.63) is 34.4 Å². The van der Waals surface area contributed by atoms with Crippen molar-refractivity contribution in [3.63, 3.8) is 0 Å². The van der Waals surface area contributed by atoms with Gasteiger partial charge in [-0.3, -0.25) is 14.2 Å². The summed E-state index contributed by atoms with van der Waals surface area (Å²) in [7, 11) is 1.74. The van der Waals surface area contributed by atoms with E-state index in [1.807, 2.05) is 13.8 Å². The summed E-state index contributed by atoms with van der Waals surface area (Å²) in [5, 5.41) is 8.57. The third-order valence-corrected chi connectivity index (χ3v) is 2.82. The van der Waals surface area contributed by atoms with E-state index in [0.717, 1.165) is 5.69 Å². The standard InChI is InChI=1S/C11H13ClN4O/c1-4-16-10(8(12)6-13-16)11(17)9-5-7(2)14-15(9)3/h5-6H,4H2,1-3H3. The van der Waals surface area contributed by atoms with Crippen LogP contribution < -0.4 is 0 Å². The van der Waals surface area contributed by atoms with Crippen LogP contribution in [0.1, 0.15) is 28.8 Å². The van der Waals surface area contributed by atoms with Crippen LogP contribution in [0.5, 0.6) is 0 Å². The minimum absolute atomic E-state index is 0.155. The minimum Gasteiger partial charge on any atom is -0.285 e. The zero-order chi connectivity index (χ0) is 12.6. The van der Waals surface area contributed by atoms with E-state index in [1.165, 1.54) is 6.20 Å². The lowest BCUT2D eigenvalue weighted by Crippen LogP contribution is -2.14. The molecular weight excluding hydrogens is 240 g/mol. The number of rotatable bonds is 3. The first-order chi connectivity index (χ1) is 8.04. The normalized spacial score (nSPS) is 10.8. The minimum atomic E-state index is -0.155. The van der Waals surface area contributed by atoms with Gasteiger partial charge in [0, 0.05) is 13.6 Å². The van der Waals surface area contributed by atoms with Crippen LogP contribution in [-0.4, -0.2) is 25.3 Å². The molecule has 0 saturated heterocycles. The number of hydrogen-bond donors (Lipinski definition) is 0. The van der Waals surface area contributed by atoms with E-state index < -0.39 is 0 Å². The average molecular weight is 253 g/mol. The third kappa shape index (κ3) is 1.98. The SMILES string of the molecule is CCn1ncc(Cl)c1C(=O)c1cc(C)nn1C. The van der Waals surface area contributed by atoms with E-state index in [4.69, 9.17) is 11.6 Å². The average Bonchev–Trinajstić information content (AvgIpc) is 2.80. The summed E-state index contributed by atoms with van der Waals surface area (Å²) in [6.45, 7) is 4.36. The van der Waals surface area contributed by atoms with Gasteiger partial charge in [-0.05, 0) is 19.9 Å². The lowest BCUT2D eigenvalue weighted by Gasteiger charge is -2.04. The molecule has 0 fully saturated rings. The molecule has 0 N–H and O–H groups in total. The predicted octanol–water partition coefficient (Wildman–Crippen LogP) is 1.83. The summed E-state index contributed by atoms with van der Waals surface area (Å²) in [6.07, 6.45) is 1.49. The van der Waals surface area contributed by atoms with Gasteiger partial charge in [-0.1, -0.05) is 11.6 Å². The number of halogens is 1. The highest BCUT2D eigenvalue weighted by Crippen LogP contribution is 2.19. The van der Waals surface area contributed by atoms with Gasteiger partial charge in [0.25, 0.3) is 0 Å².